The number of carboxylic acid groups (broad SMARTS) is 1. The van der Waals surface area contributed by atoms with Crippen molar-refractivity contribution < 1.29 is 14.7 Å². The summed E-state index contributed by atoms with van der Waals surface area (Å²) in [5, 5.41) is 14.3. The summed E-state index contributed by atoms with van der Waals surface area (Å²) in [6.07, 6.45) is 4.77. The lowest BCUT2D eigenvalue weighted by Crippen LogP contribution is -2.46. The van der Waals surface area contributed by atoms with Crippen LogP contribution in [0.25, 0.3) is 10.8 Å². The molecule has 1 aromatic heterocycles. The van der Waals surface area contributed by atoms with Crippen LogP contribution in [-0.2, 0) is 16.1 Å². The minimum atomic E-state index is -0.856. The first kappa shape index (κ1) is 17.1. The average Bonchev–Trinajstić information content (AvgIpc) is 2.62. The average molecular weight is 343 g/mol. The first-order valence-electron chi connectivity index (χ1n) is 8.52. The van der Waals surface area contributed by atoms with Gasteiger partial charge < -0.3 is 10.0 Å². The van der Waals surface area contributed by atoms with Gasteiger partial charge in [-0.1, -0.05) is 18.2 Å². The second-order valence-electron chi connectivity index (χ2n) is 6.36. The van der Waals surface area contributed by atoms with Crippen LogP contribution in [0.15, 0.2) is 35.3 Å². The second kappa shape index (κ2) is 7.46. The van der Waals surface area contributed by atoms with E-state index >= 15 is 0 Å². The number of hydrogen-bond acceptors (Lipinski definition) is 4. The summed E-state index contributed by atoms with van der Waals surface area (Å²) in [4.78, 5) is 37.7. The first-order valence-corrected chi connectivity index (χ1v) is 8.52. The van der Waals surface area contributed by atoms with Crippen molar-refractivity contribution in [3.05, 3.63) is 40.8 Å². The first-order chi connectivity index (χ1) is 12.1. The second-order valence-corrected chi connectivity index (χ2v) is 6.36. The number of carbonyl (C=O) groups is 2. The van der Waals surface area contributed by atoms with Gasteiger partial charge >= 0.3 is 5.97 Å². The molecule has 7 heteroatoms. The number of rotatable bonds is 5. The van der Waals surface area contributed by atoms with E-state index < -0.39 is 5.97 Å². The molecule has 1 fully saturated rings. The largest absolute Gasteiger partial charge is 0.481 e. The summed E-state index contributed by atoms with van der Waals surface area (Å²) in [5.74, 6) is -1.04. The van der Waals surface area contributed by atoms with E-state index in [1.807, 2.05) is 12.1 Å². The van der Waals surface area contributed by atoms with E-state index in [-0.39, 0.29) is 30.5 Å². The Labute approximate surface area is 144 Å². The third-order valence-electron chi connectivity index (χ3n) is 4.69. The molecule has 0 bridgehead atoms. The lowest BCUT2D eigenvalue weighted by atomic mass is 9.98. The van der Waals surface area contributed by atoms with Crippen molar-refractivity contribution in [2.24, 2.45) is 0 Å². The van der Waals surface area contributed by atoms with Crippen molar-refractivity contribution >= 4 is 22.6 Å². The van der Waals surface area contributed by atoms with Crippen molar-refractivity contribution in [1.29, 1.82) is 0 Å². The monoisotopic (exact) mass is 343 g/mol. The molecular weight excluding hydrogens is 322 g/mol. The SMILES string of the molecule is O=C(O)CC[C@@H]1CCCCN1C(=O)Cn1ncc2ccccc2c1=O. The summed E-state index contributed by atoms with van der Waals surface area (Å²) in [6, 6.07) is 7.06. The molecule has 7 nitrogen and oxygen atoms in total. The quantitative estimate of drug-likeness (QED) is 0.891. The zero-order valence-corrected chi connectivity index (χ0v) is 13.9. The highest BCUT2D eigenvalue weighted by Gasteiger charge is 2.27. The minimum absolute atomic E-state index is 0.0443. The highest BCUT2D eigenvalue weighted by molar-refractivity contribution is 5.81. The fourth-order valence-electron chi connectivity index (χ4n) is 3.38. The molecular formula is C18H21N3O4. The van der Waals surface area contributed by atoms with Crippen molar-refractivity contribution in [3.63, 3.8) is 0 Å². The van der Waals surface area contributed by atoms with E-state index in [0.717, 1.165) is 24.6 Å². The summed E-state index contributed by atoms with van der Waals surface area (Å²) in [6.45, 7) is 0.485. The third kappa shape index (κ3) is 3.87. The van der Waals surface area contributed by atoms with Crippen LogP contribution in [0.3, 0.4) is 0 Å². The van der Waals surface area contributed by atoms with E-state index in [1.54, 1.807) is 23.2 Å². The van der Waals surface area contributed by atoms with Gasteiger partial charge in [-0.3, -0.25) is 14.4 Å². The Bertz CT molecular complexity index is 846. The van der Waals surface area contributed by atoms with E-state index in [4.69, 9.17) is 5.11 Å². The van der Waals surface area contributed by atoms with Crippen LogP contribution in [0.2, 0.25) is 0 Å². The Morgan fingerprint density at radius 2 is 2.04 bits per heavy atom. The fraction of sp³-hybridized carbons (Fsp3) is 0.444. The Hall–Kier alpha value is -2.70. The van der Waals surface area contributed by atoms with Gasteiger partial charge in [0.2, 0.25) is 5.91 Å². The molecule has 132 valence electrons. The van der Waals surface area contributed by atoms with Crippen LogP contribution in [0.5, 0.6) is 0 Å². The Kier molecular flexibility index (Phi) is 5.11. The lowest BCUT2D eigenvalue weighted by Gasteiger charge is -2.35. The number of aromatic nitrogens is 2. The predicted molar refractivity (Wildman–Crippen MR) is 92.2 cm³/mol. The highest BCUT2D eigenvalue weighted by Crippen LogP contribution is 2.21. The number of amides is 1. The molecule has 1 aliphatic rings. The maximum atomic E-state index is 12.7. The topological polar surface area (TPSA) is 92.5 Å². The molecule has 1 N–H and O–H groups in total. The van der Waals surface area contributed by atoms with Gasteiger partial charge in [0.25, 0.3) is 5.56 Å². The molecule has 2 heterocycles. The smallest absolute Gasteiger partial charge is 0.303 e. The molecule has 1 aliphatic heterocycles. The molecule has 3 rings (SSSR count). The maximum absolute atomic E-state index is 12.7. The van der Waals surface area contributed by atoms with Crippen LogP contribution in [0.1, 0.15) is 32.1 Å². The lowest BCUT2D eigenvalue weighted by molar-refractivity contribution is -0.140. The number of carbonyl (C=O) groups excluding carboxylic acids is 1. The molecule has 1 aromatic carbocycles. The van der Waals surface area contributed by atoms with Gasteiger partial charge in [0, 0.05) is 24.4 Å². The zero-order chi connectivity index (χ0) is 17.8. The minimum Gasteiger partial charge on any atom is -0.481 e. The van der Waals surface area contributed by atoms with Gasteiger partial charge in [-0.25, -0.2) is 4.68 Å². The predicted octanol–water partition coefficient (Wildman–Crippen LogP) is 1.64. The number of hydrogen-bond donors (Lipinski definition) is 1. The van der Waals surface area contributed by atoms with Crippen LogP contribution >= 0.6 is 0 Å². The van der Waals surface area contributed by atoms with Crippen molar-refractivity contribution in [3.8, 4) is 0 Å². The fourth-order valence-corrected chi connectivity index (χ4v) is 3.38. The number of likely N-dealkylation sites (tertiary alicyclic amines) is 1. The summed E-state index contributed by atoms with van der Waals surface area (Å²) in [5.41, 5.74) is -0.287. The van der Waals surface area contributed by atoms with Crippen molar-refractivity contribution in [1.82, 2.24) is 14.7 Å². The standard InChI is InChI=1S/C18H21N3O4/c22-16(20-10-4-3-6-14(20)8-9-17(23)24)12-21-18(25)15-7-2-1-5-13(15)11-19-21/h1-2,5,7,11,14H,3-4,6,8-10,12H2,(H,23,24)/t14-/m0/s1. The molecule has 0 aliphatic carbocycles. The Morgan fingerprint density at radius 3 is 2.84 bits per heavy atom. The molecule has 0 saturated carbocycles. The van der Waals surface area contributed by atoms with Gasteiger partial charge in [0.15, 0.2) is 0 Å². The van der Waals surface area contributed by atoms with Crippen LogP contribution < -0.4 is 5.56 Å². The van der Waals surface area contributed by atoms with E-state index in [9.17, 15) is 14.4 Å². The number of carboxylic acids is 1. The van der Waals surface area contributed by atoms with Crippen LogP contribution in [-0.4, -0.2) is 44.3 Å². The number of aliphatic carboxylic acids is 1. The normalized spacial score (nSPS) is 17.6. The molecule has 1 atom stereocenters. The number of nitrogens with zero attached hydrogens (tertiary/aromatic N) is 3. The van der Waals surface area contributed by atoms with Crippen LogP contribution in [0, 0.1) is 0 Å². The molecule has 0 radical (unpaired) electrons. The van der Waals surface area contributed by atoms with Crippen LogP contribution in [0.4, 0.5) is 0 Å². The van der Waals surface area contributed by atoms with Crippen molar-refractivity contribution in [2.45, 2.75) is 44.7 Å². The Balaban J connectivity index is 1.77. The van der Waals surface area contributed by atoms with Crippen molar-refractivity contribution in [2.75, 3.05) is 6.54 Å². The van der Waals surface area contributed by atoms with Gasteiger partial charge in [-0.15, -0.1) is 0 Å². The third-order valence-corrected chi connectivity index (χ3v) is 4.69. The number of fused-ring (bicyclic) bond motifs is 1. The molecule has 25 heavy (non-hydrogen) atoms. The molecule has 2 aromatic rings. The summed E-state index contributed by atoms with van der Waals surface area (Å²) in [7, 11) is 0. The van der Waals surface area contributed by atoms with E-state index in [1.165, 1.54) is 4.68 Å². The van der Waals surface area contributed by atoms with Gasteiger partial charge in [-0.2, -0.15) is 5.10 Å². The number of benzene rings is 1. The Morgan fingerprint density at radius 1 is 1.24 bits per heavy atom. The maximum Gasteiger partial charge on any atom is 0.303 e. The molecule has 1 saturated heterocycles. The van der Waals surface area contributed by atoms with Gasteiger partial charge in [0.05, 0.1) is 11.6 Å². The van der Waals surface area contributed by atoms with E-state index in [0.29, 0.717) is 18.4 Å². The molecule has 1 amide bonds. The summed E-state index contributed by atoms with van der Waals surface area (Å²) < 4.78 is 1.19. The molecule has 0 spiro atoms. The summed E-state index contributed by atoms with van der Waals surface area (Å²) >= 11 is 0. The molecule has 0 unspecified atom stereocenters. The van der Waals surface area contributed by atoms with E-state index in [2.05, 4.69) is 5.10 Å². The number of piperidine rings is 1. The highest BCUT2D eigenvalue weighted by atomic mass is 16.4. The van der Waals surface area contributed by atoms with Gasteiger partial charge in [-0.05, 0) is 31.7 Å². The zero-order valence-electron chi connectivity index (χ0n) is 13.9. The van der Waals surface area contributed by atoms with Gasteiger partial charge in [0.1, 0.15) is 6.54 Å².